The lowest BCUT2D eigenvalue weighted by atomic mass is 9.97. The summed E-state index contributed by atoms with van der Waals surface area (Å²) in [5, 5.41) is 6.10. The van der Waals surface area contributed by atoms with Crippen LogP contribution in [0.2, 0.25) is 0 Å². The van der Waals surface area contributed by atoms with Gasteiger partial charge in [0.25, 0.3) is 0 Å². The standard InChI is InChI=1S/C15H10N2O4/c18-14-11-12(8-5-6-20-7-8)16-15(19)17-13(11)9-3-1-2-4-10(9)21-14/h1-7,12H,(H2,16,17,19). The first-order valence-electron chi connectivity index (χ1n) is 6.39. The summed E-state index contributed by atoms with van der Waals surface area (Å²) in [5.74, 6) is 0. The Kier molecular flexibility index (Phi) is 2.38. The first kappa shape index (κ1) is 11.8. The molecule has 0 aliphatic carbocycles. The van der Waals surface area contributed by atoms with Crippen molar-refractivity contribution in [1.82, 2.24) is 5.32 Å². The number of anilines is 1. The molecule has 3 heterocycles. The first-order valence-corrected chi connectivity index (χ1v) is 6.39. The number of urea groups is 1. The van der Waals surface area contributed by atoms with Crippen LogP contribution in [0.5, 0.6) is 0 Å². The molecule has 1 atom stereocenters. The molecule has 0 saturated carbocycles. The van der Waals surface area contributed by atoms with Gasteiger partial charge in [0, 0.05) is 10.9 Å². The number of rotatable bonds is 1. The molecule has 2 amide bonds. The number of furan rings is 1. The summed E-state index contributed by atoms with van der Waals surface area (Å²) < 4.78 is 10.4. The Bertz CT molecular complexity index is 896. The Morgan fingerprint density at radius 1 is 1.10 bits per heavy atom. The van der Waals surface area contributed by atoms with E-state index in [0.717, 1.165) is 0 Å². The van der Waals surface area contributed by atoms with Crippen LogP contribution in [0.1, 0.15) is 17.2 Å². The van der Waals surface area contributed by atoms with Crippen LogP contribution in [0.25, 0.3) is 11.0 Å². The number of carbonyl (C=O) groups excluding carboxylic acids is 1. The topological polar surface area (TPSA) is 84.5 Å². The van der Waals surface area contributed by atoms with Crippen LogP contribution in [-0.4, -0.2) is 6.03 Å². The van der Waals surface area contributed by atoms with Crippen LogP contribution >= 0.6 is 0 Å². The lowest BCUT2D eigenvalue weighted by Gasteiger charge is -2.26. The summed E-state index contributed by atoms with van der Waals surface area (Å²) >= 11 is 0. The van der Waals surface area contributed by atoms with E-state index in [4.69, 9.17) is 8.83 Å². The third-order valence-corrected chi connectivity index (χ3v) is 3.53. The van der Waals surface area contributed by atoms with Gasteiger partial charge in [0.05, 0.1) is 29.8 Å². The molecule has 2 aromatic heterocycles. The number of hydrogen-bond acceptors (Lipinski definition) is 4. The molecule has 2 N–H and O–H groups in total. The van der Waals surface area contributed by atoms with E-state index in [1.165, 1.54) is 12.5 Å². The predicted octanol–water partition coefficient (Wildman–Crippen LogP) is 2.61. The average Bonchev–Trinajstić information content (AvgIpc) is 3.00. The molecule has 0 radical (unpaired) electrons. The van der Waals surface area contributed by atoms with Gasteiger partial charge < -0.3 is 19.5 Å². The Balaban J connectivity index is 2.06. The SMILES string of the molecule is O=C1Nc2c(c(=O)oc3ccccc23)C(c2ccoc2)N1. The van der Waals surface area contributed by atoms with E-state index in [1.54, 1.807) is 24.3 Å². The zero-order valence-corrected chi connectivity index (χ0v) is 10.8. The van der Waals surface area contributed by atoms with E-state index in [-0.39, 0.29) is 6.03 Å². The molecule has 3 aromatic rings. The van der Waals surface area contributed by atoms with Crippen molar-refractivity contribution in [3.8, 4) is 0 Å². The van der Waals surface area contributed by atoms with Gasteiger partial charge in [-0.3, -0.25) is 0 Å². The highest BCUT2D eigenvalue weighted by molar-refractivity contribution is 6.03. The average molecular weight is 282 g/mol. The summed E-state index contributed by atoms with van der Waals surface area (Å²) in [6.07, 6.45) is 2.99. The molecule has 4 rings (SSSR count). The molecule has 0 fully saturated rings. The molecule has 0 spiro atoms. The summed E-state index contributed by atoms with van der Waals surface area (Å²) in [6, 6.07) is 7.83. The van der Waals surface area contributed by atoms with Gasteiger partial charge in [-0.1, -0.05) is 12.1 Å². The minimum absolute atomic E-state index is 0.370. The smallest absolute Gasteiger partial charge is 0.344 e. The van der Waals surface area contributed by atoms with Gasteiger partial charge in [-0.2, -0.15) is 0 Å². The second kappa shape index (κ2) is 4.24. The molecule has 6 nitrogen and oxygen atoms in total. The van der Waals surface area contributed by atoms with Crippen molar-refractivity contribution in [3.05, 3.63) is 64.4 Å². The van der Waals surface area contributed by atoms with Crippen LogP contribution in [0.4, 0.5) is 10.5 Å². The van der Waals surface area contributed by atoms with Crippen molar-refractivity contribution in [3.63, 3.8) is 0 Å². The highest BCUT2D eigenvalue weighted by Gasteiger charge is 2.31. The molecule has 104 valence electrons. The van der Waals surface area contributed by atoms with Gasteiger partial charge in [0.15, 0.2) is 0 Å². The lowest BCUT2D eigenvalue weighted by Crippen LogP contribution is -2.41. The molecule has 1 aromatic carbocycles. The van der Waals surface area contributed by atoms with Crippen molar-refractivity contribution < 1.29 is 13.6 Å². The second-order valence-electron chi connectivity index (χ2n) is 4.76. The van der Waals surface area contributed by atoms with Gasteiger partial charge in [-0.15, -0.1) is 0 Å². The van der Waals surface area contributed by atoms with Crippen LogP contribution in [0.15, 0.2) is 56.5 Å². The first-order chi connectivity index (χ1) is 10.2. The maximum Gasteiger partial charge on any atom is 0.344 e. The van der Waals surface area contributed by atoms with E-state index in [1.807, 2.05) is 6.07 Å². The van der Waals surface area contributed by atoms with Crippen LogP contribution < -0.4 is 16.3 Å². The van der Waals surface area contributed by atoms with Crippen molar-refractivity contribution in [1.29, 1.82) is 0 Å². The minimum atomic E-state index is -0.589. The van der Waals surface area contributed by atoms with Crippen LogP contribution in [-0.2, 0) is 0 Å². The minimum Gasteiger partial charge on any atom is -0.472 e. The molecule has 0 saturated heterocycles. The van der Waals surface area contributed by atoms with Crippen molar-refractivity contribution in [2.45, 2.75) is 6.04 Å². The quantitative estimate of drug-likeness (QED) is 0.672. The van der Waals surface area contributed by atoms with Gasteiger partial charge in [-0.05, 0) is 18.2 Å². The van der Waals surface area contributed by atoms with E-state index in [9.17, 15) is 9.59 Å². The van der Waals surface area contributed by atoms with Crippen molar-refractivity contribution in [2.75, 3.05) is 5.32 Å². The molecule has 6 heteroatoms. The van der Waals surface area contributed by atoms with Gasteiger partial charge >= 0.3 is 11.7 Å². The van der Waals surface area contributed by atoms with E-state index in [0.29, 0.717) is 27.8 Å². The van der Waals surface area contributed by atoms with Gasteiger partial charge in [-0.25, -0.2) is 9.59 Å². The van der Waals surface area contributed by atoms with Gasteiger partial charge in [0.1, 0.15) is 5.58 Å². The molecule has 0 bridgehead atoms. The van der Waals surface area contributed by atoms with Gasteiger partial charge in [0.2, 0.25) is 0 Å². The fourth-order valence-electron chi connectivity index (χ4n) is 2.60. The predicted molar refractivity (Wildman–Crippen MR) is 75.2 cm³/mol. The number of hydrogen-bond donors (Lipinski definition) is 2. The zero-order chi connectivity index (χ0) is 14.4. The monoisotopic (exact) mass is 282 g/mol. The number of nitrogens with one attached hydrogen (secondary N) is 2. The molecular weight excluding hydrogens is 272 g/mol. The number of amides is 2. The maximum atomic E-state index is 12.3. The Labute approximate surface area is 118 Å². The highest BCUT2D eigenvalue weighted by atomic mass is 16.4. The second-order valence-corrected chi connectivity index (χ2v) is 4.76. The fourth-order valence-corrected chi connectivity index (χ4v) is 2.60. The third-order valence-electron chi connectivity index (χ3n) is 3.53. The summed E-state index contributed by atoms with van der Waals surface area (Å²) in [6.45, 7) is 0. The molecule has 1 aliphatic heterocycles. The lowest BCUT2D eigenvalue weighted by molar-refractivity contribution is 0.248. The number of fused-ring (bicyclic) bond motifs is 3. The van der Waals surface area contributed by atoms with E-state index < -0.39 is 11.7 Å². The number of benzene rings is 1. The number of para-hydroxylation sites is 1. The van der Waals surface area contributed by atoms with E-state index >= 15 is 0 Å². The molecule has 21 heavy (non-hydrogen) atoms. The molecule has 1 aliphatic rings. The van der Waals surface area contributed by atoms with Crippen molar-refractivity contribution >= 4 is 22.7 Å². The number of carbonyl (C=O) groups is 1. The van der Waals surface area contributed by atoms with E-state index in [2.05, 4.69) is 10.6 Å². The largest absolute Gasteiger partial charge is 0.472 e. The zero-order valence-electron chi connectivity index (χ0n) is 10.8. The molecule has 1 unspecified atom stereocenters. The Morgan fingerprint density at radius 2 is 1.95 bits per heavy atom. The maximum absolute atomic E-state index is 12.3. The summed E-state index contributed by atoms with van der Waals surface area (Å²) in [7, 11) is 0. The normalized spacial score (nSPS) is 17.1. The molecular formula is C15H10N2O4. The highest BCUT2D eigenvalue weighted by Crippen LogP contribution is 2.34. The third kappa shape index (κ3) is 1.73. The van der Waals surface area contributed by atoms with Crippen molar-refractivity contribution in [2.24, 2.45) is 0 Å². The van der Waals surface area contributed by atoms with Crippen LogP contribution in [0, 0.1) is 0 Å². The Hall–Kier alpha value is -3.02. The van der Waals surface area contributed by atoms with Crippen LogP contribution in [0.3, 0.4) is 0 Å². The summed E-state index contributed by atoms with van der Waals surface area (Å²) in [5.41, 5.74) is 1.50. The summed E-state index contributed by atoms with van der Waals surface area (Å²) in [4.78, 5) is 24.2. The fraction of sp³-hybridized carbons (Fsp3) is 0.0667. The Morgan fingerprint density at radius 3 is 2.76 bits per heavy atom.